The van der Waals surface area contributed by atoms with Gasteiger partial charge in [0, 0.05) is 30.9 Å². The number of methoxy groups -OCH3 is 1. The summed E-state index contributed by atoms with van der Waals surface area (Å²) in [5.74, 6) is 1.29. The second-order valence-corrected chi connectivity index (χ2v) is 5.93. The minimum atomic E-state index is -0.241. The lowest BCUT2D eigenvalue weighted by atomic mass is 10.1. The molecule has 1 amide bonds. The van der Waals surface area contributed by atoms with Crippen molar-refractivity contribution < 1.29 is 18.8 Å². The van der Waals surface area contributed by atoms with E-state index in [4.69, 9.17) is 9.26 Å². The third kappa shape index (κ3) is 5.96. The highest BCUT2D eigenvalue weighted by atomic mass is 16.5. The van der Waals surface area contributed by atoms with Gasteiger partial charge in [-0.3, -0.25) is 9.59 Å². The number of aromatic nitrogens is 2. The monoisotopic (exact) mass is 360 g/mol. The minimum Gasteiger partial charge on any atom is -0.497 e. The number of ether oxygens (including phenoxy) is 1. The summed E-state index contributed by atoms with van der Waals surface area (Å²) in [4.78, 5) is 28.2. The molecule has 1 unspecified atom stereocenters. The molecule has 0 aliphatic heterocycles. The number of likely N-dealkylation sites (N-methyl/N-ethyl adjacent to an activating group) is 1. The van der Waals surface area contributed by atoms with Gasteiger partial charge in [0.05, 0.1) is 13.7 Å². The molecule has 0 fully saturated rings. The molecule has 1 aromatic heterocycles. The van der Waals surface area contributed by atoms with Crippen molar-refractivity contribution >= 4 is 11.7 Å². The number of aryl methyl sites for hydroxylation is 1. The number of nitrogens with one attached hydrogen (secondary N) is 2. The van der Waals surface area contributed by atoms with Gasteiger partial charge in [-0.25, -0.2) is 0 Å². The van der Waals surface area contributed by atoms with Crippen molar-refractivity contribution in [2.45, 2.75) is 32.2 Å². The first-order valence-electron chi connectivity index (χ1n) is 8.44. The molecule has 8 heteroatoms. The van der Waals surface area contributed by atoms with Gasteiger partial charge in [-0.05, 0) is 38.2 Å². The Morgan fingerprint density at radius 2 is 2.00 bits per heavy atom. The molecule has 1 heterocycles. The van der Waals surface area contributed by atoms with Gasteiger partial charge in [-0.15, -0.1) is 0 Å². The summed E-state index contributed by atoms with van der Waals surface area (Å²) in [5, 5.41) is 9.59. The van der Waals surface area contributed by atoms with Crippen LogP contribution in [-0.4, -0.2) is 48.6 Å². The van der Waals surface area contributed by atoms with Crippen LogP contribution < -0.4 is 15.4 Å². The van der Waals surface area contributed by atoms with E-state index in [0.29, 0.717) is 35.9 Å². The van der Waals surface area contributed by atoms with Crippen LogP contribution in [0.3, 0.4) is 0 Å². The number of carbonyl (C=O) groups is 2. The Hall–Kier alpha value is -2.74. The molecule has 2 rings (SSSR count). The molecule has 2 N–H and O–H groups in total. The van der Waals surface area contributed by atoms with Crippen LogP contribution in [0.5, 0.6) is 5.75 Å². The fraction of sp³-hybridized carbons (Fsp3) is 0.444. The third-order valence-electron chi connectivity index (χ3n) is 3.92. The van der Waals surface area contributed by atoms with Crippen molar-refractivity contribution in [2.24, 2.45) is 0 Å². The summed E-state index contributed by atoms with van der Waals surface area (Å²) in [7, 11) is 3.42. The number of benzene rings is 1. The molecule has 1 atom stereocenters. The van der Waals surface area contributed by atoms with E-state index in [1.807, 2.05) is 14.0 Å². The van der Waals surface area contributed by atoms with Crippen LogP contribution in [0.25, 0.3) is 0 Å². The average molecular weight is 360 g/mol. The van der Waals surface area contributed by atoms with E-state index in [1.54, 1.807) is 31.4 Å². The van der Waals surface area contributed by atoms with Crippen LogP contribution in [0.4, 0.5) is 0 Å². The topological polar surface area (TPSA) is 106 Å². The lowest BCUT2D eigenvalue weighted by Crippen LogP contribution is -2.29. The summed E-state index contributed by atoms with van der Waals surface area (Å²) in [6, 6.07) is 6.99. The maximum Gasteiger partial charge on any atom is 0.227 e. The number of rotatable bonds is 10. The highest BCUT2D eigenvalue weighted by molar-refractivity contribution is 5.99. The molecule has 0 bridgehead atoms. The van der Waals surface area contributed by atoms with Crippen LogP contribution in [-0.2, 0) is 17.6 Å². The fourth-order valence-electron chi connectivity index (χ4n) is 2.22. The summed E-state index contributed by atoms with van der Waals surface area (Å²) < 4.78 is 10.2. The maximum atomic E-state index is 12.1. The molecule has 0 aliphatic rings. The van der Waals surface area contributed by atoms with Gasteiger partial charge in [-0.1, -0.05) is 5.16 Å². The van der Waals surface area contributed by atoms with E-state index in [-0.39, 0.29) is 30.7 Å². The van der Waals surface area contributed by atoms with E-state index < -0.39 is 0 Å². The van der Waals surface area contributed by atoms with Crippen molar-refractivity contribution in [1.82, 2.24) is 20.8 Å². The van der Waals surface area contributed by atoms with E-state index in [1.165, 1.54) is 0 Å². The molecule has 140 valence electrons. The highest BCUT2D eigenvalue weighted by Crippen LogP contribution is 2.11. The van der Waals surface area contributed by atoms with Crippen molar-refractivity contribution in [3.8, 4) is 5.75 Å². The smallest absolute Gasteiger partial charge is 0.227 e. The second-order valence-electron chi connectivity index (χ2n) is 5.93. The number of hydrogen-bond acceptors (Lipinski definition) is 7. The first-order chi connectivity index (χ1) is 12.5. The van der Waals surface area contributed by atoms with Gasteiger partial charge >= 0.3 is 0 Å². The highest BCUT2D eigenvalue weighted by Gasteiger charge is 2.12. The standard InChI is InChI=1S/C18H24N4O4/c1-12(19-2)10-16-21-18(26-22-16)9-8-17(24)20-11-15(23)13-4-6-14(25-3)7-5-13/h4-7,12,19H,8-11H2,1-3H3,(H,20,24). The van der Waals surface area contributed by atoms with Crippen molar-refractivity contribution in [3.63, 3.8) is 0 Å². The van der Waals surface area contributed by atoms with Gasteiger partial charge in [0.15, 0.2) is 11.6 Å². The Morgan fingerprint density at radius 1 is 1.27 bits per heavy atom. The lowest BCUT2D eigenvalue weighted by molar-refractivity contribution is -0.120. The molecular weight excluding hydrogens is 336 g/mol. The van der Waals surface area contributed by atoms with Gasteiger partial charge < -0.3 is 19.9 Å². The van der Waals surface area contributed by atoms with Crippen LogP contribution in [0, 0.1) is 0 Å². The Balaban J connectivity index is 1.73. The van der Waals surface area contributed by atoms with E-state index in [0.717, 1.165) is 0 Å². The summed E-state index contributed by atoms with van der Waals surface area (Å²) in [6.45, 7) is 1.96. The van der Waals surface area contributed by atoms with Crippen molar-refractivity contribution in [1.29, 1.82) is 0 Å². The number of ketones is 1. The molecule has 0 spiro atoms. The van der Waals surface area contributed by atoms with E-state index in [9.17, 15) is 9.59 Å². The van der Waals surface area contributed by atoms with Crippen LogP contribution in [0.2, 0.25) is 0 Å². The zero-order chi connectivity index (χ0) is 18.9. The first-order valence-corrected chi connectivity index (χ1v) is 8.44. The third-order valence-corrected chi connectivity index (χ3v) is 3.92. The number of amides is 1. The Kier molecular flexibility index (Phi) is 7.28. The minimum absolute atomic E-state index is 0.0556. The molecule has 2 aromatic rings. The average Bonchev–Trinajstić information content (AvgIpc) is 3.11. The normalized spacial score (nSPS) is 11.8. The van der Waals surface area contributed by atoms with Crippen molar-refractivity contribution in [3.05, 3.63) is 41.5 Å². The molecule has 0 radical (unpaired) electrons. The molecule has 0 aliphatic carbocycles. The van der Waals surface area contributed by atoms with E-state index >= 15 is 0 Å². The first kappa shape index (κ1) is 19.6. The Morgan fingerprint density at radius 3 is 2.65 bits per heavy atom. The molecule has 1 aromatic carbocycles. The SMILES string of the molecule is CNC(C)Cc1noc(CCC(=O)NCC(=O)c2ccc(OC)cc2)n1. The molecule has 8 nitrogen and oxygen atoms in total. The number of carbonyl (C=O) groups excluding carboxylic acids is 2. The number of nitrogens with zero attached hydrogens (tertiary/aromatic N) is 2. The second kappa shape index (κ2) is 9.67. The van der Waals surface area contributed by atoms with Crippen LogP contribution >= 0.6 is 0 Å². The van der Waals surface area contributed by atoms with Crippen LogP contribution in [0.1, 0.15) is 35.4 Å². The summed E-state index contributed by atoms with van der Waals surface area (Å²) in [5.41, 5.74) is 0.520. The predicted octanol–water partition coefficient (Wildman–Crippen LogP) is 1.16. The molecule has 0 saturated carbocycles. The quantitative estimate of drug-likeness (QED) is 0.612. The van der Waals surface area contributed by atoms with E-state index in [2.05, 4.69) is 20.8 Å². The molecule has 26 heavy (non-hydrogen) atoms. The number of Topliss-reactive ketones (excluding diaryl/α,β-unsaturated/α-hetero) is 1. The van der Waals surface area contributed by atoms with Gasteiger partial charge in [0.2, 0.25) is 11.8 Å². The zero-order valence-electron chi connectivity index (χ0n) is 15.2. The number of hydrogen-bond donors (Lipinski definition) is 2. The summed E-state index contributed by atoms with van der Waals surface area (Å²) >= 11 is 0. The van der Waals surface area contributed by atoms with Crippen LogP contribution in [0.15, 0.2) is 28.8 Å². The maximum absolute atomic E-state index is 12.1. The van der Waals surface area contributed by atoms with Gasteiger partial charge in [0.25, 0.3) is 0 Å². The molecular formula is C18H24N4O4. The van der Waals surface area contributed by atoms with Gasteiger partial charge in [0.1, 0.15) is 5.75 Å². The lowest BCUT2D eigenvalue weighted by Gasteiger charge is -2.05. The largest absolute Gasteiger partial charge is 0.497 e. The van der Waals surface area contributed by atoms with Crippen molar-refractivity contribution in [2.75, 3.05) is 20.7 Å². The Labute approximate surface area is 152 Å². The Bertz CT molecular complexity index is 727. The molecule has 0 saturated heterocycles. The predicted molar refractivity (Wildman–Crippen MR) is 95.2 cm³/mol. The zero-order valence-corrected chi connectivity index (χ0v) is 15.2. The fourth-order valence-corrected chi connectivity index (χ4v) is 2.22. The summed E-state index contributed by atoms with van der Waals surface area (Å²) in [6.07, 6.45) is 1.17. The van der Waals surface area contributed by atoms with Gasteiger partial charge in [-0.2, -0.15) is 4.98 Å².